The molecule has 160 valence electrons. The predicted octanol–water partition coefficient (Wildman–Crippen LogP) is 4.12. The summed E-state index contributed by atoms with van der Waals surface area (Å²) in [5, 5.41) is 8.96. The van der Waals surface area contributed by atoms with Crippen LogP contribution in [0.3, 0.4) is 0 Å². The van der Waals surface area contributed by atoms with Crippen molar-refractivity contribution in [2.75, 3.05) is 7.11 Å². The molecule has 1 aliphatic carbocycles. The molecule has 6 nitrogen and oxygen atoms in total. The number of rotatable bonds is 5. The van der Waals surface area contributed by atoms with Gasteiger partial charge in [0.25, 0.3) is 0 Å². The number of pyridine rings is 1. The van der Waals surface area contributed by atoms with E-state index in [-0.39, 0.29) is 11.9 Å². The van der Waals surface area contributed by atoms with Gasteiger partial charge in [-0.3, -0.25) is 9.78 Å². The van der Waals surface area contributed by atoms with E-state index < -0.39 is 0 Å². The molecular formula is C26H24N4O2. The Kier molecular flexibility index (Phi) is 5.42. The molecule has 1 unspecified atom stereocenters. The summed E-state index contributed by atoms with van der Waals surface area (Å²) < 4.78 is 7.31. The van der Waals surface area contributed by atoms with Crippen molar-refractivity contribution >= 4 is 22.9 Å². The van der Waals surface area contributed by atoms with E-state index in [9.17, 15) is 4.79 Å². The van der Waals surface area contributed by atoms with Crippen LogP contribution in [0.25, 0.3) is 22.7 Å². The van der Waals surface area contributed by atoms with Crippen molar-refractivity contribution < 1.29 is 9.53 Å². The molecule has 0 fully saturated rings. The van der Waals surface area contributed by atoms with Crippen molar-refractivity contribution in [3.05, 3.63) is 89.9 Å². The molecule has 0 saturated heterocycles. The van der Waals surface area contributed by atoms with Gasteiger partial charge < -0.3 is 10.1 Å². The Balaban J connectivity index is 1.33. The van der Waals surface area contributed by atoms with Crippen LogP contribution in [-0.4, -0.2) is 33.8 Å². The molecule has 0 radical (unpaired) electrons. The first-order valence-electron chi connectivity index (χ1n) is 10.7. The van der Waals surface area contributed by atoms with E-state index in [2.05, 4.69) is 16.5 Å². The lowest BCUT2D eigenvalue weighted by molar-refractivity contribution is -0.117. The molecule has 0 bridgehead atoms. The molecule has 6 heteroatoms. The molecule has 4 aromatic rings. The van der Waals surface area contributed by atoms with Crippen LogP contribution < -0.4 is 10.1 Å². The molecule has 5 rings (SSSR count). The number of hydrogen-bond donors (Lipinski definition) is 1. The van der Waals surface area contributed by atoms with E-state index in [0.717, 1.165) is 52.9 Å². The molecule has 1 N–H and O–H groups in total. The van der Waals surface area contributed by atoms with Gasteiger partial charge in [0.15, 0.2) is 0 Å². The maximum Gasteiger partial charge on any atom is 0.244 e. The van der Waals surface area contributed by atoms with Gasteiger partial charge >= 0.3 is 0 Å². The Hall–Kier alpha value is -3.93. The summed E-state index contributed by atoms with van der Waals surface area (Å²) in [6.07, 6.45) is 9.79. The number of methoxy groups -OCH3 is 1. The highest BCUT2D eigenvalue weighted by Gasteiger charge is 2.23. The minimum atomic E-state index is -0.0677. The van der Waals surface area contributed by atoms with Crippen molar-refractivity contribution in [3.63, 3.8) is 0 Å². The number of amides is 1. The SMILES string of the molecule is COc1ccc2nccc(-n3cc4c(n3)CCC(NC(=O)/C=C\c3ccccc3)C4)c2c1. The molecule has 0 spiro atoms. The summed E-state index contributed by atoms with van der Waals surface area (Å²) in [5.74, 6) is 0.719. The van der Waals surface area contributed by atoms with Crippen LogP contribution in [0.1, 0.15) is 23.2 Å². The third-order valence-corrected chi connectivity index (χ3v) is 5.82. The number of carbonyl (C=O) groups is 1. The highest BCUT2D eigenvalue weighted by molar-refractivity contribution is 5.92. The number of nitrogens with zero attached hydrogens (tertiary/aromatic N) is 3. The molecule has 1 atom stereocenters. The predicted molar refractivity (Wildman–Crippen MR) is 125 cm³/mol. The summed E-state index contributed by atoms with van der Waals surface area (Å²) in [6.45, 7) is 0. The standard InChI is InChI=1S/C26H24N4O2/c1-32-21-9-11-24-22(16-21)25(13-14-27-24)30-17-19-15-20(8-10-23(19)29-30)28-26(31)12-7-18-5-3-2-4-6-18/h2-7,9,11-14,16-17,20H,8,10,15H2,1H3,(H,28,31)/b12-7-. The van der Waals surface area contributed by atoms with Gasteiger partial charge in [0.1, 0.15) is 5.75 Å². The first kappa shape index (κ1) is 20.0. The second kappa shape index (κ2) is 8.67. The fraction of sp³-hybridized carbons (Fsp3) is 0.192. The van der Waals surface area contributed by atoms with Crippen LogP contribution in [0.5, 0.6) is 5.75 Å². The molecular weight excluding hydrogens is 400 g/mol. The Morgan fingerprint density at radius 2 is 2.06 bits per heavy atom. The molecule has 32 heavy (non-hydrogen) atoms. The van der Waals surface area contributed by atoms with E-state index in [1.807, 2.05) is 65.4 Å². The number of aromatic nitrogens is 3. The number of fused-ring (bicyclic) bond motifs is 2. The zero-order valence-electron chi connectivity index (χ0n) is 17.9. The van der Waals surface area contributed by atoms with Crippen molar-refractivity contribution in [2.45, 2.75) is 25.3 Å². The van der Waals surface area contributed by atoms with E-state index in [1.165, 1.54) is 5.56 Å². The second-order valence-electron chi connectivity index (χ2n) is 7.95. The van der Waals surface area contributed by atoms with E-state index in [0.29, 0.717) is 0 Å². The fourth-order valence-corrected chi connectivity index (χ4v) is 4.17. The van der Waals surface area contributed by atoms with Crippen LogP contribution >= 0.6 is 0 Å². The van der Waals surface area contributed by atoms with Crippen LogP contribution in [0, 0.1) is 0 Å². The maximum atomic E-state index is 12.4. The van der Waals surface area contributed by atoms with Gasteiger partial charge in [-0.05, 0) is 60.7 Å². The molecule has 1 amide bonds. The highest BCUT2D eigenvalue weighted by Crippen LogP contribution is 2.27. The Morgan fingerprint density at radius 3 is 2.91 bits per heavy atom. The number of ether oxygens (including phenoxy) is 1. The Bertz CT molecular complexity index is 1290. The van der Waals surface area contributed by atoms with E-state index in [1.54, 1.807) is 19.4 Å². The van der Waals surface area contributed by atoms with Gasteiger partial charge in [0.05, 0.1) is 24.0 Å². The molecule has 2 aromatic carbocycles. The summed E-state index contributed by atoms with van der Waals surface area (Å²) in [4.78, 5) is 16.9. The Labute approximate surface area is 186 Å². The first-order valence-corrected chi connectivity index (χ1v) is 10.7. The summed E-state index contributed by atoms with van der Waals surface area (Å²) >= 11 is 0. The largest absolute Gasteiger partial charge is 0.497 e. The molecule has 2 aromatic heterocycles. The van der Waals surface area contributed by atoms with Gasteiger partial charge in [-0.15, -0.1) is 0 Å². The average Bonchev–Trinajstić information content (AvgIpc) is 3.26. The molecule has 2 heterocycles. The van der Waals surface area contributed by atoms with Crippen molar-refractivity contribution in [1.82, 2.24) is 20.1 Å². The van der Waals surface area contributed by atoms with E-state index in [4.69, 9.17) is 9.84 Å². The second-order valence-corrected chi connectivity index (χ2v) is 7.95. The van der Waals surface area contributed by atoms with Crippen LogP contribution in [-0.2, 0) is 17.6 Å². The number of carbonyl (C=O) groups excluding carboxylic acids is 1. The minimum absolute atomic E-state index is 0.0677. The van der Waals surface area contributed by atoms with Crippen molar-refractivity contribution in [3.8, 4) is 11.4 Å². The zero-order chi connectivity index (χ0) is 21.9. The van der Waals surface area contributed by atoms with Crippen LogP contribution in [0.2, 0.25) is 0 Å². The fourth-order valence-electron chi connectivity index (χ4n) is 4.17. The van der Waals surface area contributed by atoms with Crippen LogP contribution in [0.4, 0.5) is 0 Å². The van der Waals surface area contributed by atoms with Gasteiger partial charge in [-0.25, -0.2) is 4.68 Å². The number of aryl methyl sites for hydroxylation is 1. The van der Waals surface area contributed by atoms with Gasteiger partial charge in [0, 0.05) is 29.9 Å². The van der Waals surface area contributed by atoms with Crippen LogP contribution in [0.15, 0.2) is 73.1 Å². The summed E-state index contributed by atoms with van der Waals surface area (Å²) in [6, 6.07) is 17.7. The number of nitrogens with one attached hydrogen (secondary N) is 1. The van der Waals surface area contributed by atoms with E-state index >= 15 is 0 Å². The topological polar surface area (TPSA) is 69.0 Å². The van der Waals surface area contributed by atoms with Gasteiger partial charge in [-0.2, -0.15) is 5.10 Å². The lowest BCUT2D eigenvalue weighted by Crippen LogP contribution is -2.37. The normalized spacial score (nSPS) is 15.6. The third-order valence-electron chi connectivity index (χ3n) is 5.82. The first-order chi connectivity index (χ1) is 15.7. The lowest BCUT2D eigenvalue weighted by Gasteiger charge is -2.21. The average molecular weight is 425 g/mol. The summed E-state index contributed by atoms with van der Waals surface area (Å²) in [5.41, 5.74) is 5.13. The number of hydrogen-bond acceptors (Lipinski definition) is 4. The minimum Gasteiger partial charge on any atom is -0.497 e. The molecule has 0 saturated carbocycles. The van der Waals surface area contributed by atoms with Gasteiger partial charge in [0.2, 0.25) is 5.91 Å². The summed E-state index contributed by atoms with van der Waals surface area (Å²) in [7, 11) is 1.66. The third kappa shape index (κ3) is 4.12. The highest BCUT2D eigenvalue weighted by atomic mass is 16.5. The zero-order valence-corrected chi connectivity index (χ0v) is 17.9. The smallest absolute Gasteiger partial charge is 0.244 e. The molecule has 1 aliphatic rings. The molecule has 0 aliphatic heterocycles. The maximum absolute atomic E-state index is 12.4. The van der Waals surface area contributed by atoms with Crippen molar-refractivity contribution in [2.24, 2.45) is 0 Å². The number of benzene rings is 2. The lowest BCUT2D eigenvalue weighted by atomic mass is 9.93. The quantitative estimate of drug-likeness (QED) is 0.490. The van der Waals surface area contributed by atoms with Gasteiger partial charge in [-0.1, -0.05) is 30.3 Å². The Morgan fingerprint density at radius 1 is 1.19 bits per heavy atom. The monoisotopic (exact) mass is 424 g/mol. The van der Waals surface area contributed by atoms with Crippen molar-refractivity contribution in [1.29, 1.82) is 0 Å².